The number of carbonyl (C=O) groups excluding carboxylic acids is 1. The third-order valence-corrected chi connectivity index (χ3v) is 3.22. The van der Waals surface area contributed by atoms with Gasteiger partial charge in [-0.05, 0) is 36.8 Å². The van der Waals surface area contributed by atoms with Crippen molar-refractivity contribution in [3.63, 3.8) is 0 Å². The van der Waals surface area contributed by atoms with Crippen molar-refractivity contribution in [1.29, 1.82) is 0 Å². The van der Waals surface area contributed by atoms with Gasteiger partial charge in [0.1, 0.15) is 0 Å². The summed E-state index contributed by atoms with van der Waals surface area (Å²) in [6.45, 7) is 3.68. The van der Waals surface area contributed by atoms with Crippen LogP contribution in [-0.4, -0.2) is 11.9 Å². The van der Waals surface area contributed by atoms with Crippen molar-refractivity contribution in [3.8, 4) is 0 Å². The fourth-order valence-electron chi connectivity index (χ4n) is 2.38. The Balaban J connectivity index is 2.03. The monoisotopic (exact) mass is 203 g/mol. The third kappa shape index (κ3) is 2.20. The molecule has 2 nitrogen and oxygen atoms in total. The van der Waals surface area contributed by atoms with Gasteiger partial charge in [0.15, 0.2) is 0 Å². The van der Waals surface area contributed by atoms with Gasteiger partial charge in [0.2, 0.25) is 5.91 Å². The van der Waals surface area contributed by atoms with E-state index < -0.39 is 0 Å². The average Bonchev–Trinajstić information content (AvgIpc) is 2.59. The van der Waals surface area contributed by atoms with Crippen LogP contribution in [0.2, 0.25) is 0 Å². The number of carbonyl (C=O) groups is 1. The minimum Gasteiger partial charge on any atom is -0.354 e. The SMILES string of the molecule is CC(=O)NC(C)C1Cc2ccccc2C1. The molecule has 1 aliphatic rings. The van der Waals surface area contributed by atoms with Crippen LogP contribution in [0, 0.1) is 5.92 Å². The van der Waals surface area contributed by atoms with Crippen molar-refractivity contribution in [3.05, 3.63) is 35.4 Å². The summed E-state index contributed by atoms with van der Waals surface area (Å²) in [7, 11) is 0. The Morgan fingerprint density at radius 1 is 1.33 bits per heavy atom. The van der Waals surface area contributed by atoms with E-state index in [9.17, 15) is 4.79 Å². The lowest BCUT2D eigenvalue weighted by Gasteiger charge is -2.19. The second-order valence-electron chi connectivity index (χ2n) is 4.43. The predicted octanol–water partition coefficient (Wildman–Crippen LogP) is 1.93. The summed E-state index contributed by atoms with van der Waals surface area (Å²) in [4.78, 5) is 11.0. The van der Waals surface area contributed by atoms with Crippen LogP contribution in [0.25, 0.3) is 0 Å². The maximum absolute atomic E-state index is 11.0. The van der Waals surface area contributed by atoms with Crippen molar-refractivity contribution in [1.82, 2.24) is 5.32 Å². The quantitative estimate of drug-likeness (QED) is 0.781. The smallest absolute Gasteiger partial charge is 0.217 e. The number of hydrogen-bond donors (Lipinski definition) is 1. The lowest BCUT2D eigenvalue weighted by atomic mass is 9.98. The number of hydrogen-bond acceptors (Lipinski definition) is 1. The number of benzene rings is 1. The molecule has 1 aliphatic carbocycles. The van der Waals surface area contributed by atoms with Gasteiger partial charge in [-0.15, -0.1) is 0 Å². The van der Waals surface area contributed by atoms with Crippen molar-refractivity contribution in [2.24, 2.45) is 5.92 Å². The van der Waals surface area contributed by atoms with E-state index in [1.165, 1.54) is 11.1 Å². The Kier molecular flexibility index (Phi) is 2.76. The molecule has 0 aliphatic heterocycles. The van der Waals surface area contributed by atoms with Crippen LogP contribution in [0.15, 0.2) is 24.3 Å². The summed E-state index contributed by atoms with van der Waals surface area (Å²) < 4.78 is 0. The zero-order chi connectivity index (χ0) is 10.8. The molecule has 0 saturated carbocycles. The van der Waals surface area contributed by atoms with Crippen molar-refractivity contribution >= 4 is 5.91 Å². The highest BCUT2D eigenvalue weighted by atomic mass is 16.1. The number of fused-ring (bicyclic) bond motifs is 1. The van der Waals surface area contributed by atoms with E-state index >= 15 is 0 Å². The van der Waals surface area contributed by atoms with Crippen molar-refractivity contribution < 1.29 is 4.79 Å². The van der Waals surface area contributed by atoms with E-state index in [-0.39, 0.29) is 11.9 Å². The molecule has 1 aromatic carbocycles. The molecular weight excluding hydrogens is 186 g/mol. The maximum atomic E-state index is 11.0. The first-order valence-corrected chi connectivity index (χ1v) is 5.50. The van der Waals surface area contributed by atoms with Gasteiger partial charge in [0, 0.05) is 13.0 Å². The van der Waals surface area contributed by atoms with Gasteiger partial charge in [0.25, 0.3) is 0 Å². The minimum absolute atomic E-state index is 0.0680. The highest BCUT2D eigenvalue weighted by molar-refractivity contribution is 5.73. The van der Waals surface area contributed by atoms with Gasteiger partial charge >= 0.3 is 0 Å². The lowest BCUT2D eigenvalue weighted by Crippen LogP contribution is -2.37. The van der Waals surface area contributed by atoms with Crippen LogP contribution in [-0.2, 0) is 17.6 Å². The van der Waals surface area contributed by atoms with Crippen LogP contribution < -0.4 is 5.32 Å². The van der Waals surface area contributed by atoms with Crippen LogP contribution in [0.3, 0.4) is 0 Å². The normalized spacial score (nSPS) is 17.2. The summed E-state index contributed by atoms with van der Waals surface area (Å²) in [5.74, 6) is 0.629. The van der Waals surface area contributed by atoms with Gasteiger partial charge in [-0.3, -0.25) is 4.79 Å². The van der Waals surface area contributed by atoms with E-state index in [2.05, 4.69) is 36.5 Å². The molecule has 0 aromatic heterocycles. The topological polar surface area (TPSA) is 29.1 Å². The van der Waals surface area contributed by atoms with Crippen molar-refractivity contribution in [2.45, 2.75) is 32.7 Å². The Labute approximate surface area is 90.7 Å². The second kappa shape index (κ2) is 4.05. The molecule has 1 N–H and O–H groups in total. The second-order valence-corrected chi connectivity index (χ2v) is 4.43. The summed E-state index contributed by atoms with van der Waals surface area (Å²) in [5.41, 5.74) is 2.89. The molecule has 2 heteroatoms. The molecule has 0 spiro atoms. The fourth-order valence-corrected chi connectivity index (χ4v) is 2.38. The fraction of sp³-hybridized carbons (Fsp3) is 0.462. The highest BCUT2D eigenvalue weighted by Crippen LogP contribution is 2.28. The van der Waals surface area contributed by atoms with Gasteiger partial charge in [-0.2, -0.15) is 0 Å². The highest BCUT2D eigenvalue weighted by Gasteiger charge is 2.25. The summed E-state index contributed by atoms with van der Waals surface area (Å²) in [5, 5.41) is 2.98. The van der Waals surface area contributed by atoms with E-state index in [0.717, 1.165) is 12.8 Å². The molecule has 15 heavy (non-hydrogen) atoms. The summed E-state index contributed by atoms with van der Waals surface area (Å²) in [6, 6.07) is 8.83. The molecule has 1 amide bonds. The minimum atomic E-state index is 0.0680. The maximum Gasteiger partial charge on any atom is 0.217 e. The number of amides is 1. The molecular formula is C13H17NO. The number of rotatable bonds is 2. The first kappa shape index (κ1) is 10.2. The van der Waals surface area contributed by atoms with Gasteiger partial charge in [0.05, 0.1) is 0 Å². The first-order chi connectivity index (χ1) is 7.16. The van der Waals surface area contributed by atoms with Gasteiger partial charge in [-0.25, -0.2) is 0 Å². The zero-order valence-corrected chi connectivity index (χ0v) is 9.29. The predicted molar refractivity (Wildman–Crippen MR) is 60.6 cm³/mol. The van der Waals surface area contributed by atoms with E-state index in [0.29, 0.717) is 5.92 Å². The Morgan fingerprint density at radius 2 is 1.87 bits per heavy atom. The largest absolute Gasteiger partial charge is 0.354 e. The van der Waals surface area contributed by atoms with Crippen molar-refractivity contribution in [2.75, 3.05) is 0 Å². The standard InChI is InChI=1S/C13H17NO/c1-9(14-10(2)15)13-7-11-5-3-4-6-12(11)8-13/h3-6,9,13H,7-8H2,1-2H3,(H,14,15). The van der Waals surface area contributed by atoms with E-state index in [1.807, 2.05) is 0 Å². The molecule has 2 rings (SSSR count). The van der Waals surface area contributed by atoms with Gasteiger partial charge in [-0.1, -0.05) is 24.3 Å². The molecule has 0 bridgehead atoms. The van der Waals surface area contributed by atoms with E-state index in [4.69, 9.17) is 0 Å². The Hall–Kier alpha value is -1.31. The van der Waals surface area contributed by atoms with Crippen LogP contribution >= 0.6 is 0 Å². The molecule has 0 fully saturated rings. The molecule has 1 atom stereocenters. The summed E-state index contributed by atoms with van der Waals surface area (Å²) in [6.07, 6.45) is 2.19. The molecule has 0 saturated heterocycles. The molecule has 0 radical (unpaired) electrons. The lowest BCUT2D eigenvalue weighted by molar-refractivity contribution is -0.119. The van der Waals surface area contributed by atoms with E-state index in [1.54, 1.807) is 6.92 Å². The first-order valence-electron chi connectivity index (χ1n) is 5.50. The van der Waals surface area contributed by atoms with Crippen LogP contribution in [0.4, 0.5) is 0 Å². The summed E-state index contributed by atoms with van der Waals surface area (Å²) >= 11 is 0. The van der Waals surface area contributed by atoms with Crippen LogP contribution in [0.5, 0.6) is 0 Å². The molecule has 1 unspecified atom stereocenters. The Bertz CT molecular complexity index is 348. The Morgan fingerprint density at radius 3 is 2.33 bits per heavy atom. The molecule has 80 valence electrons. The zero-order valence-electron chi connectivity index (χ0n) is 9.29. The third-order valence-electron chi connectivity index (χ3n) is 3.22. The van der Waals surface area contributed by atoms with Crippen LogP contribution in [0.1, 0.15) is 25.0 Å². The molecule has 0 heterocycles. The number of nitrogens with one attached hydrogen (secondary N) is 1. The van der Waals surface area contributed by atoms with Gasteiger partial charge < -0.3 is 5.32 Å². The molecule has 1 aromatic rings. The average molecular weight is 203 g/mol.